The number of amides is 3. The van der Waals surface area contributed by atoms with Gasteiger partial charge in [-0.2, -0.15) is 0 Å². The topological polar surface area (TPSA) is 132 Å². The second-order valence-corrected chi connectivity index (χ2v) is 12.1. The van der Waals surface area contributed by atoms with E-state index in [2.05, 4.69) is 16.0 Å². The molecule has 3 N–H and O–H groups in total. The summed E-state index contributed by atoms with van der Waals surface area (Å²) in [7, 11) is 4.32. The summed E-state index contributed by atoms with van der Waals surface area (Å²) < 4.78 is 15.7. The summed E-state index contributed by atoms with van der Waals surface area (Å²) in [5.74, 6) is -0.924. The molecular formula is C40H35N3O7S. The molecule has 0 heterocycles. The summed E-state index contributed by atoms with van der Waals surface area (Å²) in [6, 6.07) is 36.6. The van der Waals surface area contributed by atoms with Crippen LogP contribution in [-0.4, -0.2) is 45.0 Å². The highest BCUT2D eigenvalue weighted by Gasteiger charge is 2.24. The summed E-state index contributed by atoms with van der Waals surface area (Å²) in [4.78, 5) is 53.6. The fraction of sp³-hybridized carbons (Fsp3) is 0.100. The number of carbonyl (C=O) groups excluding carboxylic acids is 4. The third-order valence-electron chi connectivity index (χ3n) is 7.56. The molecule has 258 valence electrons. The molecule has 5 aromatic carbocycles. The third-order valence-corrected chi connectivity index (χ3v) is 8.83. The average Bonchev–Trinajstić information content (AvgIpc) is 3.17. The molecule has 0 spiro atoms. The smallest absolute Gasteiger partial charge is 0.339 e. The van der Waals surface area contributed by atoms with Crippen molar-refractivity contribution < 1.29 is 33.4 Å². The first-order chi connectivity index (χ1) is 24.8. The molecule has 0 fully saturated rings. The number of hydrogen-bond donors (Lipinski definition) is 3. The first-order valence-corrected chi connectivity index (χ1v) is 16.6. The fourth-order valence-corrected chi connectivity index (χ4v) is 6.01. The largest absolute Gasteiger partial charge is 0.497 e. The van der Waals surface area contributed by atoms with Crippen molar-refractivity contribution in [3.05, 3.63) is 155 Å². The molecule has 0 aliphatic heterocycles. The van der Waals surface area contributed by atoms with Crippen LogP contribution in [0, 0.1) is 0 Å². The predicted molar refractivity (Wildman–Crippen MR) is 198 cm³/mol. The molecular weight excluding hydrogens is 667 g/mol. The van der Waals surface area contributed by atoms with E-state index < -0.39 is 23.0 Å². The monoisotopic (exact) mass is 701 g/mol. The molecule has 5 rings (SSSR count). The van der Waals surface area contributed by atoms with Crippen LogP contribution in [0.25, 0.3) is 6.08 Å². The van der Waals surface area contributed by atoms with Gasteiger partial charge in [-0.3, -0.25) is 14.4 Å². The van der Waals surface area contributed by atoms with Crippen molar-refractivity contribution in [1.82, 2.24) is 5.32 Å². The molecule has 1 atom stereocenters. The average molecular weight is 702 g/mol. The standard InChI is InChI=1S/C40H35N3O7S/c1-48-30-20-23-35(49-2)28(24-30)25-34(43-37(44)27-14-8-5-9-15-27)38(45)41-29-18-21-31(22-19-29)51-36(26-12-6-4-7-13-26)39(46)42-33-17-11-10-16-32(33)40(47)50-3/h4-25,36H,1-3H3,(H,41,45)(H,42,46)(H,43,44)/b34-25-. The van der Waals surface area contributed by atoms with Gasteiger partial charge in [0, 0.05) is 21.7 Å². The molecule has 0 aromatic heterocycles. The maximum absolute atomic E-state index is 13.7. The van der Waals surface area contributed by atoms with Gasteiger partial charge in [0.1, 0.15) is 22.4 Å². The van der Waals surface area contributed by atoms with Crippen molar-refractivity contribution in [2.45, 2.75) is 10.1 Å². The molecule has 5 aromatic rings. The minimum absolute atomic E-state index is 0.0260. The highest BCUT2D eigenvalue weighted by Crippen LogP contribution is 2.37. The van der Waals surface area contributed by atoms with Gasteiger partial charge in [0.05, 0.1) is 32.6 Å². The Morgan fingerprint density at radius 2 is 1.37 bits per heavy atom. The quantitative estimate of drug-likeness (QED) is 0.0659. The number of thioether (sulfide) groups is 1. The Labute approximate surface area is 299 Å². The number of anilines is 2. The number of ether oxygens (including phenoxy) is 3. The lowest BCUT2D eigenvalue weighted by Gasteiger charge is -2.18. The van der Waals surface area contributed by atoms with Crippen LogP contribution in [0.1, 0.15) is 37.1 Å². The summed E-state index contributed by atoms with van der Waals surface area (Å²) in [6.45, 7) is 0. The number of methoxy groups -OCH3 is 3. The van der Waals surface area contributed by atoms with Crippen LogP contribution in [0.2, 0.25) is 0 Å². The number of hydrogen-bond acceptors (Lipinski definition) is 8. The van der Waals surface area contributed by atoms with Gasteiger partial charge < -0.3 is 30.2 Å². The molecule has 0 aliphatic carbocycles. The Hall–Kier alpha value is -6.33. The number of benzene rings is 5. The van der Waals surface area contributed by atoms with Crippen LogP contribution in [0.4, 0.5) is 11.4 Å². The Balaban J connectivity index is 1.37. The molecule has 0 bridgehead atoms. The number of esters is 1. The predicted octanol–water partition coefficient (Wildman–Crippen LogP) is 7.37. The van der Waals surface area contributed by atoms with Gasteiger partial charge in [-0.25, -0.2) is 4.79 Å². The number of rotatable bonds is 13. The lowest BCUT2D eigenvalue weighted by molar-refractivity contribution is -0.116. The maximum Gasteiger partial charge on any atom is 0.339 e. The van der Waals surface area contributed by atoms with Gasteiger partial charge in [-0.05, 0) is 78.4 Å². The van der Waals surface area contributed by atoms with Crippen LogP contribution in [-0.2, 0) is 14.3 Å². The Morgan fingerprint density at radius 1 is 0.706 bits per heavy atom. The van der Waals surface area contributed by atoms with E-state index >= 15 is 0 Å². The summed E-state index contributed by atoms with van der Waals surface area (Å²) in [6.07, 6.45) is 1.52. The second kappa shape index (κ2) is 17.4. The Bertz CT molecular complexity index is 2040. The second-order valence-electron chi connectivity index (χ2n) is 10.9. The SMILES string of the molecule is COC(=O)c1ccccc1NC(=O)C(Sc1ccc(NC(=O)/C(=C/c2cc(OC)ccc2OC)NC(=O)c2ccccc2)cc1)c1ccccc1. The fourth-order valence-electron chi connectivity index (χ4n) is 4.98. The van der Waals surface area contributed by atoms with E-state index in [1.807, 2.05) is 30.3 Å². The Kier molecular flexibility index (Phi) is 12.2. The van der Waals surface area contributed by atoms with Gasteiger partial charge in [0.15, 0.2) is 0 Å². The van der Waals surface area contributed by atoms with E-state index in [-0.39, 0.29) is 17.2 Å². The van der Waals surface area contributed by atoms with Gasteiger partial charge in [0.25, 0.3) is 11.8 Å². The highest BCUT2D eigenvalue weighted by molar-refractivity contribution is 8.00. The van der Waals surface area contributed by atoms with Gasteiger partial charge in [-0.1, -0.05) is 60.7 Å². The number of carbonyl (C=O) groups is 4. The van der Waals surface area contributed by atoms with Crippen molar-refractivity contribution in [2.24, 2.45) is 0 Å². The normalized spacial score (nSPS) is 11.5. The molecule has 11 heteroatoms. The lowest BCUT2D eigenvalue weighted by Crippen LogP contribution is -2.30. The summed E-state index contributed by atoms with van der Waals surface area (Å²) in [5, 5.41) is 7.78. The summed E-state index contributed by atoms with van der Waals surface area (Å²) in [5.41, 5.74) is 2.65. The Morgan fingerprint density at radius 3 is 2.04 bits per heavy atom. The zero-order valence-corrected chi connectivity index (χ0v) is 28.9. The van der Waals surface area contributed by atoms with E-state index in [1.54, 1.807) is 97.1 Å². The number of para-hydroxylation sites is 1. The molecule has 0 saturated heterocycles. The van der Waals surface area contributed by atoms with Crippen molar-refractivity contribution >= 4 is 52.9 Å². The molecule has 1 unspecified atom stereocenters. The van der Waals surface area contributed by atoms with Crippen LogP contribution in [0.3, 0.4) is 0 Å². The molecule has 0 saturated carbocycles. The summed E-state index contributed by atoms with van der Waals surface area (Å²) >= 11 is 1.30. The molecule has 51 heavy (non-hydrogen) atoms. The molecule has 0 aliphatic rings. The van der Waals surface area contributed by atoms with Gasteiger partial charge in [-0.15, -0.1) is 11.8 Å². The van der Waals surface area contributed by atoms with Crippen LogP contribution < -0.4 is 25.4 Å². The van der Waals surface area contributed by atoms with Crippen LogP contribution in [0.15, 0.2) is 138 Å². The van der Waals surface area contributed by atoms with Crippen molar-refractivity contribution in [1.29, 1.82) is 0 Å². The minimum Gasteiger partial charge on any atom is -0.497 e. The lowest BCUT2D eigenvalue weighted by atomic mass is 10.1. The molecule has 10 nitrogen and oxygen atoms in total. The minimum atomic E-state index is -0.682. The zero-order chi connectivity index (χ0) is 36.2. The zero-order valence-electron chi connectivity index (χ0n) is 28.0. The van der Waals surface area contributed by atoms with E-state index in [9.17, 15) is 19.2 Å². The van der Waals surface area contributed by atoms with Crippen LogP contribution in [0.5, 0.6) is 11.5 Å². The van der Waals surface area contributed by atoms with Crippen molar-refractivity contribution in [3.8, 4) is 11.5 Å². The van der Waals surface area contributed by atoms with E-state index in [4.69, 9.17) is 14.2 Å². The maximum atomic E-state index is 13.7. The molecule has 0 radical (unpaired) electrons. The molecule has 3 amide bonds. The highest BCUT2D eigenvalue weighted by atomic mass is 32.2. The van der Waals surface area contributed by atoms with Gasteiger partial charge >= 0.3 is 5.97 Å². The first-order valence-electron chi connectivity index (χ1n) is 15.7. The van der Waals surface area contributed by atoms with E-state index in [1.165, 1.54) is 39.2 Å². The van der Waals surface area contributed by atoms with Crippen molar-refractivity contribution in [3.63, 3.8) is 0 Å². The number of nitrogens with one attached hydrogen (secondary N) is 3. The van der Waals surface area contributed by atoms with Crippen LogP contribution >= 0.6 is 11.8 Å². The van der Waals surface area contributed by atoms with Gasteiger partial charge in [0.2, 0.25) is 5.91 Å². The first kappa shape index (κ1) is 36.0. The van der Waals surface area contributed by atoms with E-state index in [0.717, 1.165) is 10.5 Å². The van der Waals surface area contributed by atoms with Crippen molar-refractivity contribution in [2.75, 3.05) is 32.0 Å². The van der Waals surface area contributed by atoms with E-state index in [0.29, 0.717) is 34.0 Å². The third kappa shape index (κ3) is 9.43.